The molecule has 0 aromatic heterocycles. The number of benzene rings is 1. The zero-order chi connectivity index (χ0) is 15.4. The molecule has 3 nitrogen and oxygen atoms in total. The molecule has 0 bridgehead atoms. The number of nitrogens with zero attached hydrogens (tertiary/aromatic N) is 1. The Morgan fingerprint density at radius 2 is 1.68 bits per heavy atom. The lowest BCUT2D eigenvalue weighted by atomic mass is 9.92. The van der Waals surface area contributed by atoms with E-state index in [0.717, 1.165) is 38.1 Å². The fourth-order valence-corrected chi connectivity index (χ4v) is 3.59. The zero-order valence-electron chi connectivity index (χ0n) is 13.6. The molecule has 0 unspecified atom stereocenters. The summed E-state index contributed by atoms with van der Waals surface area (Å²) in [6, 6.07) is 6.34. The molecule has 1 aromatic carbocycles. The Kier molecular flexibility index (Phi) is 5.01. The normalized spacial score (nSPS) is 20.0. The molecular formula is C19H27NO2. The molecule has 0 saturated carbocycles. The van der Waals surface area contributed by atoms with Crippen molar-refractivity contribution in [1.29, 1.82) is 0 Å². The fraction of sp³-hybridized carbons (Fsp3) is 0.632. The van der Waals surface area contributed by atoms with Crippen molar-refractivity contribution in [2.75, 3.05) is 13.1 Å². The van der Waals surface area contributed by atoms with Gasteiger partial charge in [-0.05, 0) is 68.7 Å². The van der Waals surface area contributed by atoms with Crippen LogP contribution in [-0.4, -0.2) is 30.0 Å². The fourth-order valence-electron chi connectivity index (χ4n) is 3.59. The van der Waals surface area contributed by atoms with E-state index in [1.54, 1.807) is 0 Å². The van der Waals surface area contributed by atoms with E-state index in [1.807, 2.05) is 17.9 Å². The van der Waals surface area contributed by atoms with Gasteiger partial charge in [0.05, 0.1) is 0 Å². The summed E-state index contributed by atoms with van der Waals surface area (Å²) in [7, 11) is 0. The minimum atomic E-state index is -0.389. The van der Waals surface area contributed by atoms with Gasteiger partial charge < -0.3 is 9.64 Å². The van der Waals surface area contributed by atoms with Gasteiger partial charge >= 0.3 is 0 Å². The largest absolute Gasteiger partial charge is 0.481 e. The standard InChI is InChI=1S/C19H27NO2/c1-15(19(21)20-12-6-2-3-7-13-20)22-18-11-10-16-8-4-5-9-17(16)14-18/h10-11,14-15H,2-9,12-13H2,1H3/t15-/m0/s1. The Hall–Kier alpha value is -1.51. The number of ether oxygens (including phenoxy) is 1. The van der Waals surface area contributed by atoms with E-state index < -0.39 is 0 Å². The summed E-state index contributed by atoms with van der Waals surface area (Å²) in [6.07, 6.45) is 9.21. The first kappa shape index (κ1) is 15.4. The highest BCUT2D eigenvalue weighted by molar-refractivity contribution is 5.80. The van der Waals surface area contributed by atoms with E-state index >= 15 is 0 Å². The number of carbonyl (C=O) groups excluding carboxylic acids is 1. The van der Waals surface area contributed by atoms with E-state index in [1.165, 1.54) is 43.2 Å². The van der Waals surface area contributed by atoms with Gasteiger partial charge in [-0.15, -0.1) is 0 Å². The lowest BCUT2D eigenvalue weighted by molar-refractivity contribution is -0.137. The summed E-state index contributed by atoms with van der Waals surface area (Å²) in [5.74, 6) is 0.982. The van der Waals surface area contributed by atoms with Crippen molar-refractivity contribution in [3.63, 3.8) is 0 Å². The molecule has 1 heterocycles. The maximum absolute atomic E-state index is 12.5. The maximum Gasteiger partial charge on any atom is 0.263 e. The number of rotatable bonds is 3. The molecule has 2 aliphatic rings. The number of hydrogen-bond acceptors (Lipinski definition) is 2. The van der Waals surface area contributed by atoms with Crippen molar-refractivity contribution >= 4 is 5.91 Å². The monoisotopic (exact) mass is 301 g/mol. The van der Waals surface area contributed by atoms with Gasteiger partial charge in [0, 0.05) is 13.1 Å². The van der Waals surface area contributed by atoms with Gasteiger partial charge in [0.25, 0.3) is 5.91 Å². The molecular weight excluding hydrogens is 274 g/mol. The summed E-state index contributed by atoms with van der Waals surface area (Å²) in [4.78, 5) is 14.5. The molecule has 1 fully saturated rings. The molecule has 3 heteroatoms. The number of amides is 1. The molecule has 3 rings (SSSR count). The molecule has 0 radical (unpaired) electrons. The number of likely N-dealkylation sites (tertiary alicyclic amines) is 1. The predicted molar refractivity (Wildman–Crippen MR) is 88.2 cm³/mol. The summed E-state index contributed by atoms with van der Waals surface area (Å²) in [5, 5.41) is 0. The first-order valence-electron chi connectivity index (χ1n) is 8.81. The van der Waals surface area contributed by atoms with Crippen molar-refractivity contribution in [2.45, 2.75) is 64.4 Å². The molecule has 0 N–H and O–H groups in total. The SMILES string of the molecule is C[C@H](Oc1ccc2c(c1)CCCC2)C(=O)N1CCCCCC1. The third-order valence-corrected chi connectivity index (χ3v) is 4.90. The van der Waals surface area contributed by atoms with Gasteiger partial charge in [0.15, 0.2) is 6.10 Å². The lowest BCUT2D eigenvalue weighted by Gasteiger charge is -2.25. The molecule has 1 saturated heterocycles. The van der Waals surface area contributed by atoms with Crippen LogP contribution in [0.4, 0.5) is 0 Å². The Labute approximate surface area is 133 Å². The van der Waals surface area contributed by atoms with Crippen LogP contribution in [0.15, 0.2) is 18.2 Å². The van der Waals surface area contributed by atoms with Crippen LogP contribution < -0.4 is 4.74 Å². The van der Waals surface area contributed by atoms with Crippen molar-refractivity contribution in [2.24, 2.45) is 0 Å². The Morgan fingerprint density at radius 1 is 1.00 bits per heavy atom. The highest BCUT2D eigenvalue weighted by Gasteiger charge is 2.23. The highest BCUT2D eigenvalue weighted by Crippen LogP contribution is 2.26. The number of aryl methyl sites for hydroxylation is 2. The molecule has 1 amide bonds. The average Bonchev–Trinajstić information content (AvgIpc) is 2.83. The smallest absolute Gasteiger partial charge is 0.263 e. The van der Waals surface area contributed by atoms with Gasteiger partial charge in [-0.1, -0.05) is 18.9 Å². The third-order valence-electron chi connectivity index (χ3n) is 4.90. The van der Waals surface area contributed by atoms with Crippen molar-refractivity contribution in [1.82, 2.24) is 4.90 Å². The molecule has 1 aliphatic carbocycles. The molecule has 1 aliphatic heterocycles. The predicted octanol–water partition coefficient (Wildman–Crippen LogP) is 3.74. The van der Waals surface area contributed by atoms with Crippen molar-refractivity contribution in [3.8, 4) is 5.75 Å². The minimum Gasteiger partial charge on any atom is -0.481 e. The van der Waals surface area contributed by atoms with Crippen LogP contribution in [0.5, 0.6) is 5.75 Å². The zero-order valence-corrected chi connectivity index (χ0v) is 13.6. The van der Waals surface area contributed by atoms with E-state index in [-0.39, 0.29) is 12.0 Å². The average molecular weight is 301 g/mol. The second-order valence-electron chi connectivity index (χ2n) is 6.64. The van der Waals surface area contributed by atoms with E-state index in [2.05, 4.69) is 12.1 Å². The number of carbonyl (C=O) groups is 1. The van der Waals surface area contributed by atoms with Crippen molar-refractivity contribution < 1.29 is 9.53 Å². The molecule has 1 aromatic rings. The van der Waals surface area contributed by atoms with Gasteiger partial charge in [-0.25, -0.2) is 0 Å². The van der Waals surface area contributed by atoms with Gasteiger partial charge in [-0.2, -0.15) is 0 Å². The Balaban J connectivity index is 1.63. The van der Waals surface area contributed by atoms with Crippen LogP contribution in [0.1, 0.15) is 56.6 Å². The molecule has 22 heavy (non-hydrogen) atoms. The quantitative estimate of drug-likeness (QED) is 0.851. The van der Waals surface area contributed by atoms with E-state index in [0.29, 0.717) is 0 Å². The maximum atomic E-state index is 12.5. The van der Waals surface area contributed by atoms with Gasteiger partial charge in [0.2, 0.25) is 0 Å². The summed E-state index contributed by atoms with van der Waals surface area (Å²) < 4.78 is 5.95. The van der Waals surface area contributed by atoms with Crippen LogP contribution in [0, 0.1) is 0 Å². The third kappa shape index (κ3) is 3.63. The highest BCUT2D eigenvalue weighted by atomic mass is 16.5. The van der Waals surface area contributed by atoms with Gasteiger partial charge in [-0.3, -0.25) is 4.79 Å². The second-order valence-corrected chi connectivity index (χ2v) is 6.64. The first-order valence-corrected chi connectivity index (χ1v) is 8.81. The van der Waals surface area contributed by atoms with Crippen LogP contribution >= 0.6 is 0 Å². The summed E-state index contributed by atoms with van der Waals surface area (Å²) in [6.45, 7) is 3.65. The Bertz CT molecular complexity index is 518. The van der Waals surface area contributed by atoms with E-state index in [4.69, 9.17) is 4.74 Å². The van der Waals surface area contributed by atoms with Gasteiger partial charge in [0.1, 0.15) is 5.75 Å². The van der Waals surface area contributed by atoms with E-state index in [9.17, 15) is 4.79 Å². The first-order chi connectivity index (χ1) is 10.7. The van der Waals surface area contributed by atoms with Crippen molar-refractivity contribution in [3.05, 3.63) is 29.3 Å². The molecule has 120 valence electrons. The minimum absolute atomic E-state index is 0.139. The number of hydrogen-bond donors (Lipinski definition) is 0. The molecule has 0 spiro atoms. The topological polar surface area (TPSA) is 29.5 Å². The Morgan fingerprint density at radius 3 is 2.41 bits per heavy atom. The van der Waals surface area contributed by atoms with Crippen LogP contribution in [-0.2, 0) is 17.6 Å². The van der Waals surface area contributed by atoms with Crippen LogP contribution in [0.3, 0.4) is 0 Å². The summed E-state index contributed by atoms with van der Waals surface area (Å²) in [5.41, 5.74) is 2.85. The summed E-state index contributed by atoms with van der Waals surface area (Å²) >= 11 is 0. The molecule has 1 atom stereocenters. The second kappa shape index (κ2) is 7.17. The van der Waals surface area contributed by atoms with Crippen LogP contribution in [0.25, 0.3) is 0 Å². The lowest BCUT2D eigenvalue weighted by Crippen LogP contribution is -2.41. The number of fused-ring (bicyclic) bond motifs is 1. The van der Waals surface area contributed by atoms with Crippen LogP contribution in [0.2, 0.25) is 0 Å².